The Morgan fingerprint density at radius 2 is 1.72 bits per heavy atom. The maximum atomic E-state index is 13.2. The van der Waals surface area contributed by atoms with Crippen LogP contribution in [0.2, 0.25) is 0 Å². The van der Waals surface area contributed by atoms with E-state index in [1.165, 1.54) is 12.1 Å². The molecule has 0 aromatic heterocycles. The average molecular weight is 394 g/mol. The maximum absolute atomic E-state index is 13.2. The van der Waals surface area contributed by atoms with Crippen LogP contribution in [-0.2, 0) is 17.8 Å². The molecule has 3 rings (SSSR count). The van der Waals surface area contributed by atoms with Crippen molar-refractivity contribution in [3.63, 3.8) is 0 Å². The molecule has 29 heavy (non-hydrogen) atoms. The van der Waals surface area contributed by atoms with Crippen LogP contribution in [0.3, 0.4) is 0 Å². The number of ether oxygens (including phenoxy) is 2. The van der Waals surface area contributed by atoms with E-state index >= 15 is 0 Å². The van der Waals surface area contributed by atoms with E-state index in [2.05, 4.69) is 10.6 Å². The van der Waals surface area contributed by atoms with Crippen molar-refractivity contribution in [2.45, 2.75) is 13.0 Å². The Kier molecular flexibility index (Phi) is 6.68. The SMILES string of the molecule is COc1ccc(CNc2ccc(CC(=O)Nc3cccc(F)c3)cc2)c(OC)c1. The van der Waals surface area contributed by atoms with Gasteiger partial charge in [-0.1, -0.05) is 18.2 Å². The fourth-order valence-electron chi connectivity index (χ4n) is 2.89. The van der Waals surface area contributed by atoms with Crippen LogP contribution < -0.4 is 20.1 Å². The lowest BCUT2D eigenvalue weighted by molar-refractivity contribution is -0.115. The van der Waals surface area contributed by atoms with Crippen LogP contribution in [0.15, 0.2) is 66.7 Å². The summed E-state index contributed by atoms with van der Waals surface area (Å²) in [4.78, 5) is 12.1. The molecule has 0 aliphatic rings. The van der Waals surface area contributed by atoms with Gasteiger partial charge in [-0.2, -0.15) is 0 Å². The van der Waals surface area contributed by atoms with Crippen molar-refractivity contribution in [1.29, 1.82) is 0 Å². The van der Waals surface area contributed by atoms with Gasteiger partial charge in [0, 0.05) is 29.5 Å². The summed E-state index contributed by atoms with van der Waals surface area (Å²) in [6.45, 7) is 0.590. The Morgan fingerprint density at radius 3 is 2.41 bits per heavy atom. The van der Waals surface area contributed by atoms with Gasteiger partial charge in [0.25, 0.3) is 0 Å². The van der Waals surface area contributed by atoms with E-state index in [0.29, 0.717) is 12.2 Å². The summed E-state index contributed by atoms with van der Waals surface area (Å²) < 4.78 is 23.8. The average Bonchev–Trinajstić information content (AvgIpc) is 2.73. The number of amides is 1. The minimum Gasteiger partial charge on any atom is -0.497 e. The molecule has 0 atom stereocenters. The first kappa shape index (κ1) is 20.2. The largest absolute Gasteiger partial charge is 0.497 e. The van der Waals surface area contributed by atoms with Crippen LogP contribution in [0.5, 0.6) is 11.5 Å². The molecule has 0 radical (unpaired) electrons. The van der Waals surface area contributed by atoms with E-state index < -0.39 is 0 Å². The highest BCUT2D eigenvalue weighted by Gasteiger charge is 2.07. The van der Waals surface area contributed by atoms with Gasteiger partial charge in [-0.3, -0.25) is 4.79 Å². The topological polar surface area (TPSA) is 59.6 Å². The fraction of sp³-hybridized carbons (Fsp3) is 0.174. The molecule has 0 heterocycles. The number of hydrogen-bond acceptors (Lipinski definition) is 4. The number of benzene rings is 3. The summed E-state index contributed by atoms with van der Waals surface area (Å²) in [5, 5.41) is 6.03. The molecular weight excluding hydrogens is 371 g/mol. The van der Waals surface area contributed by atoms with Gasteiger partial charge in [-0.05, 0) is 48.0 Å². The lowest BCUT2D eigenvalue weighted by Crippen LogP contribution is -2.14. The fourth-order valence-corrected chi connectivity index (χ4v) is 2.89. The quantitative estimate of drug-likeness (QED) is 0.585. The van der Waals surface area contributed by atoms with Gasteiger partial charge in [0.2, 0.25) is 5.91 Å². The lowest BCUT2D eigenvalue weighted by atomic mass is 10.1. The number of anilines is 2. The van der Waals surface area contributed by atoms with Gasteiger partial charge < -0.3 is 20.1 Å². The molecule has 0 spiro atoms. The second-order valence-corrected chi connectivity index (χ2v) is 6.46. The molecule has 1 amide bonds. The number of halogens is 1. The summed E-state index contributed by atoms with van der Waals surface area (Å²) in [7, 11) is 3.24. The molecule has 3 aromatic rings. The lowest BCUT2D eigenvalue weighted by Gasteiger charge is -2.12. The van der Waals surface area contributed by atoms with Crippen LogP contribution >= 0.6 is 0 Å². The van der Waals surface area contributed by atoms with Gasteiger partial charge in [-0.25, -0.2) is 4.39 Å². The van der Waals surface area contributed by atoms with E-state index in [1.807, 2.05) is 42.5 Å². The third-order valence-electron chi connectivity index (χ3n) is 4.40. The first-order chi connectivity index (χ1) is 14.1. The summed E-state index contributed by atoms with van der Waals surface area (Å²) in [5.41, 5.74) is 3.25. The van der Waals surface area contributed by atoms with E-state index in [-0.39, 0.29) is 18.1 Å². The summed E-state index contributed by atoms with van der Waals surface area (Å²) in [5.74, 6) is 0.917. The standard InChI is InChI=1S/C23H23FN2O3/c1-28-21-11-8-17(22(14-21)29-2)15-25-19-9-6-16(7-10-19)12-23(27)26-20-5-3-4-18(24)13-20/h3-11,13-14,25H,12,15H2,1-2H3,(H,26,27). The molecule has 150 valence electrons. The van der Waals surface area contributed by atoms with Gasteiger partial charge in [0.15, 0.2) is 0 Å². The van der Waals surface area contributed by atoms with Gasteiger partial charge in [0.1, 0.15) is 17.3 Å². The van der Waals surface area contributed by atoms with Crippen LogP contribution in [0.25, 0.3) is 0 Å². The van der Waals surface area contributed by atoms with Crippen LogP contribution in [0, 0.1) is 5.82 Å². The number of carbonyl (C=O) groups excluding carboxylic acids is 1. The van der Waals surface area contributed by atoms with Crippen molar-refractivity contribution in [3.8, 4) is 11.5 Å². The molecule has 0 fully saturated rings. The van der Waals surface area contributed by atoms with Crippen molar-refractivity contribution in [2.75, 3.05) is 24.9 Å². The number of carbonyl (C=O) groups is 1. The highest BCUT2D eigenvalue weighted by molar-refractivity contribution is 5.92. The van der Waals surface area contributed by atoms with E-state index in [1.54, 1.807) is 26.4 Å². The van der Waals surface area contributed by atoms with Crippen molar-refractivity contribution >= 4 is 17.3 Å². The summed E-state index contributed by atoms with van der Waals surface area (Å²) in [6.07, 6.45) is 0.211. The van der Waals surface area contributed by atoms with Crippen molar-refractivity contribution in [1.82, 2.24) is 0 Å². The minimum absolute atomic E-state index is 0.195. The van der Waals surface area contributed by atoms with Crippen molar-refractivity contribution in [3.05, 3.63) is 83.7 Å². The molecule has 0 unspecified atom stereocenters. The molecule has 3 aromatic carbocycles. The van der Waals surface area contributed by atoms with Crippen LogP contribution in [-0.4, -0.2) is 20.1 Å². The Morgan fingerprint density at radius 1 is 0.931 bits per heavy atom. The minimum atomic E-state index is -0.383. The summed E-state index contributed by atoms with van der Waals surface area (Å²) >= 11 is 0. The first-order valence-electron chi connectivity index (χ1n) is 9.16. The predicted octanol–water partition coefficient (Wildman–Crippen LogP) is 4.64. The normalized spacial score (nSPS) is 10.3. The molecule has 5 nitrogen and oxygen atoms in total. The Labute approximate surface area is 169 Å². The number of rotatable bonds is 8. The molecule has 0 bridgehead atoms. The molecule has 0 saturated heterocycles. The molecule has 0 saturated carbocycles. The first-order valence-corrected chi connectivity index (χ1v) is 9.16. The van der Waals surface area contributed by atoms with Gasteiger partial charge >= 0.3 is 0 Å². The van der Waals surface area contributed by atoms with Crippen molar-refractivity contribution in [2.24, 2.45) is 0 Å². The molecule has 0 aliphatic heterocycles. The summed E-state index contributed by atoms with van der Waals surface area (Å²) in [6, 6.07) is 19.1. The second kappa shape index (κ2) is 9.59. The Bertz CT molecular complexity index is 974. The third-order valence-corrected chi connectivity index (χ3v) is 4.40. The van der Waals surface area contributed by atoms with E-state index in [9.17, 15) is 9.18 Å². The molecular formula is C23H23FN2O3. The number of hydrogen-bond donors (Lipinski definition) is 2. The Hall–Kier alpha value is -3.54. The Balaban J connectivity index is 1.55. The maximum Gasteiger partial charge on any atom is 0.228 e. The second-order valence-electron chi connectivity index (χ2n) is 6.46. The van der Waals surface area contributed by atoms with Gasteiger partial charge in [0.05, 0.1) is 20.6 Å². The zero-order chi connectivity index (χ0) is 20.6. The smallest absolute Gasteiger partial charge is 0.228 e. The zero-order valence-corrected chi connectivity index (χ0v) is 16.4. The monoisotopic (exact) mass is 394 g/mol. The third kappa shape index (κ3) is 5.72. The molecule has 0 aliphatic carbocycles. The van der Waals surface area contributed by atoms with E-state index in [4.69, 9.17) is 9.47 Å². The number of nitrogens with one attached hydrogen (secondary N) is 2. The highest BCUT2D eigenvalue weighted by Crippen LogP contribution is 2.25. The van der Waals surface area contributed by atoms with Crippen LogP contribution in [0.1, 0.15) is 11.1 Å². The number of methoxy groups -OCH3 is 2. The van der Waals surface area contributed by atoms with Crippen LogP contribution in [0.4, 0.5) is 15.8 Å². The predicted molar refractivity (Wildman–Crippen MR) is 112 cm³/mol. The molecule has 6 heteroatoms. The van der Waals surface area contributed by atoms with E-state index in [0.717, 1.165) is 28.3 Å². The molecule has 2 N–H and O–H groups in total. The highest BCUT2D eigenvalue weighted by atomic mass is 19.1. The van der Waals surface area contributed by atoms with Gasteiger partial charge in [-0.15, -0.1) is 0 Å². The van der Waals surface area contributed by atoms with Crippen molar-refractivity contribution < 1.29 is 18.7 Å². The zero-order valence-electron chi connectivity index (χ0n) is 16.4.